The van der Waals surface area contributed by atoms with E-state index in [0.717, 1.165) is 5.56 Å². The number of hydrogen-bond acceptors (Lipinski definition) is 6. The lowest BCUT2D eigenvalue weighted by atomic mass is 10.1. The van der Waals surface area contributed by atoms with Gasteiger partial charge in [-0.3, -0.25) is 4.79 Å². The van der Waals surface area contributed by atoms with Crippen LogP contribution in [0.25, 0.3) is 0 Å². The summed E-state index contributed by atoms with van der Waals surface area (Å²) in [5.41, 5.74) is 7.74. The van der Waals surface area contributed by atoms with Crippen LogP contribution in [0.2, 0.25) is 0 Å². The van der Waals surface area contributed by atoms with Gasteiger partial charge in [0, 0.05) is 12.5 Å². The third-order valence-corrected chi connectivity index (χ3v) is 3.94. The first-order valence-electron chi connectivity index (χ1n) is 8.05. The van der Waals surface area contributed by atoms with Crippen molar-refractivity contribution in [2.45, 2.75) is 12.8 Å². The zero-order valence-corrected chi connectivity index (χ0v) is 16.6. The lowest BCUT2D eigenvalue weighted by Gasteiger charge is -2.16. The molecule has 0 radical (unpaired) electrons. The van der Waals surface area contributed by atoms with E-state index >= 15 is 0 Å². The van der Waals surface area contributed by atoms with Crippen molar-refractivity contribution in [2.75, 3.05) is 39.5 Å². The highest BCUT2D eigenvalue weighted by Crippen LogP contribution is 2.40. The van der Waals surface area contributed by atoms with E-state index in [0.29, 0.717) is 40.8 Å². The van der Waals surface area contributed by atoms with Crippen LogP contribution in [0.4, 0.5) is 11.4 Å². The Morgan fingerprint density at radius 3 is 2.26 bits per heavy atom. The molecule has 0 saturated carbocycles. The summed E-state index contributed by atoms with van der Waals surface area (Å²) in [4.78, 5) is 12.3. The summed E-state index contributed by atoms with van der Waals surface area (Å²) < 4.78 is 21.2. The zero-order valence-electron chi connectivity index (χ0n) is 15.8. The number of benzene rings is 2. The number of amides is 1. The quantitative estimate of drug-likeness (QED) is 0.665. The van der Waals surface area contributed by atoms with Gasteiger partial charge in [-0.25, -0.2) is 0 Å². The number of halogens is 1. The summed E-state index contributed by atoms with van der Waals surface area (Å²) in [6.07, 6.45) is 0.724. The molecule has 2 aromatic carbocycles. The van der Waals surface area contributed by atoms with Gasteiger partial charge in [-0.15, -0.1) is 12.4 Å². The van der Waals surface area contributed by atoms with E-state index in [2.05, 4.69) is 5.32 Å². The first kappa shape index (κ1) is 22.2. The van der Waals surface area contributed by atoms with Gasteiger partial charge in [-0.05, 0) is 30.2 Å². The van der Waals surface area contributed by atoms with Crippen LogP contribution in [0.15, 0.2) is 30.3 Å². The van der Waals surface area contributed by atoms with Crippen molar-refractivity contribution in [3.05, 3.63) is 35.9 Å². The second-order valence-corrected chi connectivity index (χ2v) is 5.49. The molecule has 0 spiro atoms. The number of nitrogen functional groups attached to an aromatic ring is 1. The van der Waals surface area contributed by atoms with Gasteiger partial charge in [-0.2, -0.15) is 0 Å². The maximum atomic E-state index is 12.3. The van der Waals surface area contributed by atoms with Crippen LogP contribution in [-0.4, -0.2) is 34.3 Å². The van der Waals surface area contributed by atoms with Gasteiger partial charge in [0.2, 0.25) is 11.7 Å². The number of nitrogens with one attached hydrogen (secondary N) is 1. The molecule has 2 rings (SSSR count). The third-order valence-electron chi connectivity index (χ3n) is 3.94. The highest BCUT2D eigenvalue weighted by Gasteiger charge is 2.16. The molecule has 1 amide bonds. The van der Waals surface area contributed by atoms with Crippen LogP contribution in [-0.2, 0) is 11.2 Å². The second-order valence-electron chi connectivity index (χ2n) is 5.49. The summed E-state index contributed by atoms with van der Waals surface area (Å²) in [5, 5.41) is 2.80. The molecule has 2 aromatic rings. The monoisotopic (exact) mass is 396 g/mol. The third kappa shape index (κ3) is 5.34. The number of carbonyl (C=O) groups is 1. The average Bonchev–Trinajstić information content (AvgIpc) is 2.66. The Hall–Kier alpha value is -2.80. The van der Waals surface area contributed by atoms with Crippen molar-refractivity contribution in [1.29, 1.82) is 0 Å². The topological polar surface area (TPSA) is 92.0 Å². The smallest absolute Gasteiger partial charge is 0.224 e. The predicted molar refractivity (Wildman–Crippen MR) is 108 cm³/mol. The summed E-state index contributed by atoms with van der Waals surface area (Å²) in [7, 11) is 6.21. The largest absolute Gasteiger partial charge is 0.497 e. The van der Waals surface area contributed by atoms with E-state index < -0.39 is 0 Å². The van der Waals surface area contributed by atoms with Crippen LogP contribution in [0.5, 0.6) is 23.0 Å². The van der Waals surface area contributed by atoms with Crippen molar-refractivity contribution in [3.63, 3.8) is 0 Å². The standard InChI is InChI=1S/C19H24N2O5.ClH/c1-23-13-7-8-14(20)15(11-13)21-17(22)10-6-12-5-9-16(24-2)19(26-4)18(12)25-3;/h5,7-9,11H,6,10,20H2,1-4H3,(H,21,22);1H. The zero-order chi connectivity index (χ0) is 19.1. The SMILES string of the molecule is COc1ccc(N)c(NC(=O)CCc2ccc(OC)c(OC)c2OC)c1.Cl. The number of hydrogen-bond donors (Lipinski definition) is 2. The van der Waals surface area contributed by atoms with Crippen molar-refractivity contribution in [3.8, 4) is 23.0 Å². The minimum Gasteiger partial charge on any atom is -0.497 e. The van der Waals surface area contributed by atoms with Crippen molar-refractivity contribution >= 4 is 29.7 Å². The van der Waals surface area contributed by atoms with Crippen LogP contribution in [0.1, 0.15) is 12.0 Å². The lowest BCUT2D eigenvalue weighted by Crippen LogP contribution is -2.14. The number of rotatable bonds is 8. The van der Waals surface area contributed by atoms with Gasteiger partial charge in [-0.1, -0.05) is 6.07 Å². The molecule has 148 valence electrons. The molecule has 0 heterocycles. The highest BCUT2D eigenvalue weighted by molar-refractivity contribution is 5.94. The van der Waals surface area contributed by atoms with Gasteiger partial charge in [0.05, 0.1) is 39.8 Å². The fourth-order valence-electron chi connectivity index (χ4n) is 2.59. The average molecular weight is 397 g/mol. The molecule has 0 aliphatic rings. The van der Waals surface area contributed by atoms with Crippen LogP contribution in [0.3, 0.4) is 0 Å². The molecule has 0 aliphatic carbocycles. The minimum atomic E-state index is -0.165. The van der Waals surface area contributed by atoms with Gasteiger partial charge >= 0.3 is 0 Å². The Balaban J connectivity index is 0.00000364. The molecule has 0 unspecified atom stereocenters. The Bertz CT molecular complexity index is 783. The summed E-state index contributed by atoms with van der Waals surface area (Å²) in [6, 6.07) is 8.75. The Morgan fingerprint density at radius 2 is 1.67 bits per heavy atom. The second kappa shape index (κ2) is 10.4. The fraction of sp³-hybridized carbons (Fsp3) is 0.316. The van der Waals surface area contributed by atoms with E-state index in [1.165, 1.54) is 0 Å². The molecule has 3 N–H and O–H groups in total. The number of aryl methyl sites for hydroxylation is 1. The minimum absolute atomic E-state index is 0. The molecule has 0 fully saturated rings. The maximum Gasteiger partial charge on any atom is 0.224 e. The number of methoxy groups -OCH3 is 4. The first-order valence-corrected chi connectivity index (χ1v) is 8.05. The van der Waals surface area contributed by atoms with Gasteiger partial charge in [0.15, 0.2) is 11.5 Å². The Morgan fingerprint density at radius 1 is 0.963 bits per heavy atom. The van der Waals surface area contributed by atoms with Crippen molar-refractivity contribution in [1.82, 2.24) is 0 Å². The molecule has 7 nitrogen and oxygen atoms in total. The van der Waals surface area contributed by atoms with Gasteiger partial charge in [0.1, 0.15) is 5.75 Å². The molecular formula is C19H25ClN2O5. The fourth-order valence-corrected chi connectivity index (χ4v) is 2.59. The van der Waals surface area contributed by atoms with Gasteiger partial charge in [0.25, 0.3) is 0 Å². The Labute approximate surface area is 165 Å². The number of carbonyl (C=O) groups excluding carboxylic acids is 1. The Kier molecular flexibility index (Phi) is 8.55. The molecule has 0 aliphatic heterocycles. The van der Waals surface area contributed by atoms with Crippen molar-refractivity contribution < 1.29 is 23.7 Å². The van der Waals surface area contributed by atoms with Crippen LogP contribution < -0.4 is 30.0 Å². The summed E-state index contributed by atoms with van der Waals surface area (Å²) in [6.45, 7) is 0. The van der Waals surface area contributed by atoms with E-state index in [-0.39, 0.29) is 24.7 Å². The van der Waals surface area contributed by atoms with Crippen LogP contribution in [0, 0.1) is 0 Å². The molecule has 0 saturated heterocycles. The van der Waals surface area contributed by atoms with Gasteiger partial charge < -0.3 is 30.0 Å². The molecule has 0 atom stereocenters. The first-order chi connectivity index (χ1) is 12.5. The summed E-state index contributed by atoms with van der Waals surface area (Å²) >= 11 is 0. The molecule has 8 heteroatoms. The molecule has 0 bridgehead atoms. The van der Waals surface area contributed by atoms with E-state index in [1.54, 1.807) is 52.7 Å². The highest BCUT2D eigenvalue weighted by atomic mass is 35.5. The number of anilines is 2. The number of nitrogens with two attached hydrogens (primary N) is 1. The molecule has 27 heavy (non-hydrogen) atoms. The summed E-state index contributed by atoms with van der Waals surface area (Å²) in [5.74, 6) is 2.09. The number of ether oxygens (including phenoxy) is 4. The maximum absolute atomic E-state index is 12.3. The van der Waals surface area contributed by atoms with Crippen molar-refractivity contribution in [2.24, 2.45) is 0 Å². The van der Waals surface area contributed by atoms with Crippen LogP contribution >= 0.6 is 12.4 Å². The molecule has 0 aromatic heterocycles. The van der Waals surface area contributed by atoms with E-state index in [9.17, 15) is 4.79 Å². The normalized spacial score (nSPS) is 9.78. The predicted octanol–water partition coefficient (Wildman–Crippen LogP) is 3.30. The van der Waals surface area contributed by atoms with E-state index in [1.807, 2.05) is 6.07 Å². The lowest BCUT2D eigenvalue weighted by molar-refractivity contribution is -0.116. The molecular weight excluding hydrogens is 372 g/mol. The van der Waals surface area contributed by atoms with E-state index in [4.69, 9.17) is 24.7 Å².